The van der Waals surface area contributed by atoms with Crippen LogP contribution in [0.15, 0.2) is 24.3 Å². The lowest BCUT2D eigenvalue weighted by Crippen LogP contribution is -2.74. The van der Waals surface area contributed by atoms with E-state index in [1.165, 1.54) is 5.56 Å². The molecule has 100 valence electrons. The molecule has 1 aromatic carbocycles. The number of rotatable bonds is 4. The standard InChI is InChI=1S/C14H22N2O2/c1-14(2,3)18-13(17)16-10-12-7-5-6-11(8-12)9-15-4/h5-8H,4,9-10,15H2,1-3H3,(H,16,17). The highest BCUT2D eigenvalue weighted by Crippen LogP contribution is 2.08. The van der Waals surface area contributed by atoms with E-state index in [4.69, 9.17) is 4.74 Å². The minimum Gasteiger partial charge on any atom is -0.475 e. The normalized spacial score (nSPS) is 11.1. The molecule has 18 heavy (non-hydrogen) atoms. The van der Waals surface area contributed by atoms with Crippen LogP contribution in [0.25, 0.3) is 0 Å². The molecule has 1 rings (SSSR count). The zero-order valence-electron chi connectivity index (χ0n) is 11.3. The number of alkyl carbamates (subject to hydrolysis) is 1. The van der Waals surface area contributed by atoms with Crippen LogP contribution >= 0.6 is 0 Å². The van der Waals surface area contributed by atoms with E-state index in [9.17, 15) is 4.79 Å². The van der Waals surface area contributed by atoms with Crippen LogP contribution in [-0.2, 0) is 17.8 Å². The molecule has 1 amide bonds. The van der Waals surface area contributed by atoms with E-state index in [2.05, 4.69) is 18.4 Å². The highest BCUT2D eigenvalue weighted by molar-refractivity contribution is 5.67. The SMILES string of the molecule is [CH2-][NH2+]Cc1cccc(CNC(=O)OC(C)(C)C)c1. The maximum Gasteiger partial charge on any atom is 0.407 e. The van der Waals surface area contributed by atoms with E-state index in [1.807, 2.05) is 44.3 Å². The van der Waals surface area contributed by atoms with E-state index in [0.29, 0.717) is 6.54 Å². The summed E-state index contributed by atoms with van der Waals surface area (Å²) in [7, 11) is 3.71. The number of quaternary nitrogens is 1. The first-order valence-electron chi connectivity index (χ1n) is 6.06. The number of hydrogen-bond donors (Lipinski definition) is 2. The van der Waals surface area contributed by atoms with Gasteiger partial charge in [-0.2, -0.15) is 7.05 Å². The Morgan fingerprint density at radius 1 is 1.39 bits per heavy atom. The number of nitrogens with two attached hydrogens (primary N) is 1. The molecule has 0 aliphatic heterocycles. The summed E-state index contributed by atoms with van der Waals surface area (Å²) < 4.78 is 5.17. The molecule has 0 heterocycles. The Balaban J connectivity index is 2.48. The van der Waals surface area contributed by atoms with Gasteiger partial charge in [0.2, 0.25) is 0 Å². The minimum absolute atomic E-state index is 0.392. The van der Waals surface area contributed by atoms with Crippen molar-refractivity contribution in [3.05, 3.63) is 42.4 Å². The maximum atomic E-state index is 11.5. The molecule has 1 aromatic rings. The molecule has 0 unspecified atom stereocenters. The van der Waals surface area contributed by atoms with Crippen molar-refractivity contribution < 1.29 is 14.8 Å². The molecule has 0 aromatic heterocycles. The number of amides is 1. The predicted octanol–water partition coefficient (Wildman–Crippen LogP) is 1.57. The Labute approximate surface area is 109 Å². The summed E-state index contributed by atoms with van der Waals surface area (Å²) in [5, 5.41) is 4.60. The van der Waals surface area contributed by atoms with Crippen LogP contribution in [0.4, 0.5) is 4.79 Å². The Kier molecular flexibility index (Phi) is 5.16. The molecule has 0 saturated carbocycles. The Morgan fingerprint density at radius 3 is 2.67 bits per heavy atom. The van der Waals surface area contributed by atoms with Gasteiger partial charge in [-0.25, -0.2) is 4.79 Å². The number of carbonyl (C=O) groups excluding carboxylic acids is 1. The molecule has 0 saturated heterocycles. The van der Waals surface area contributed by atoms with Crippen LogP contribution in [0.2, 0.25) is 0 Å². The molecule has 0 spiro atoms. The zero-order chi connectivity index (χ0) is 13.6. The van der Waals surface area contributed by atoms with Crippen LogP contribution in [0.1, 0.15) is 31.9 Å². The van der Waals surface area contributed by atoms with E-state index in [0.717, 1.165) is 12.1 Å². The summed E-state index contributed by atoms with van der Waals surface area (Å²) in [6.07, 6.45) is -0.392. The van der Waals surface area contributed by atoms with Gasteiger partial charge in [-0.1, -0.05) is 18.2 Å². The summed E-state index contributed by atoms with van der Waals surface area (Å²) in [6.45, 7) is 6.84. The lowest BCUT2D eigenvalue weighted by Gasteiger charge is -2.19. The topological polar surface area (TPSA) is 54.9 Å². The molecule has 0 bridgehead atoms. The first kappa shape index (κ1) is 14.5. The van der Waals surface area contributed by atoms with Gasteiger partial charge in [-0.3, -0.25) is 0 Å². The van der Waals surface area contributed by atoms with E-state index >= 15 is 0 Å². The highest BCUT2D eigenvalue weighted by atomic mass is 16.6. The van der Waals surface area contributed by atoms with Crippen molar-refractivity contribution >= 4 is 6.09 Å². The summed E-state index contributed by atoms with van der Waals surface area (Å²) >= 11 is 0. The van der Waals surface area contributed by atoms with Crippen molar-refractivity contribution in [2.75, 3.05) is 0 Å². The van der Waals surface area contributed by atoms with Crippen LogP contribution < -0.4 is 10.6 Å². The van der Waals surface area contributed by atoms with Crippen molar-refractivity contribution in [1.29, 1.82) is 0 Å². The highest BCUT2D eigenvalue weighted by Gasteiger charge is 2.15. The number of ether oxygens (including phenoxy) is 1. The van der Waals surface area contributed by atoms with Crippen molar-refractivity contribution in [2.45, 2.75) is 39.5 Å². The maximum absolute atomic E-state index is 11.5. The third kappa shape index (κ3) is 5.68. The fourth-order valence-corrected chi connectivity index (χ4v) is 1.52. The fraction of sp³-hybridized carbons (Fsp3) is 0.429. The van der Waals surface area contributed by atoms with Crippen molar-refractivity contribution in [2.24, 2.45) is 0 Å². The lowest BCUT2D eigenvalue weighted by atomic mass is 10.1. The summed E-state index contributed by atoms with van der Waals surface area (Å²) in [6, 6.07) is 8.05. The van der Waals surface area contributed by atoms with Crippen molar-refractivity contribution in [3.8, 4) is 0 Å². The largest absolute Gasteiger partial charge is 0.475 e. The van der Waals surface area contributed by atoms with Crippen molar-refractivity contribution in [3.63, 3.8) is 0 Å². The third-order valence-electron chi connectivity index (χ3n) is 2.21. The molecule has 0 aliphatic carbocycles. The van der Waals surface area contributed by atoms with Gasteiger partial charge in [0.15, 0.2) is 0 Å². The first-order valence-corrected chi connectivity index (χ1v) is 6.06. The smallest absolute Gasteiger partial charge is 0.407 e. The molecule has 0 fully saturated rings. The molecule has 3 N–H and O–H groups in total. The van der Waals surface area contributed by atoms with Gasteiger partial charge in [-0.05, 0) is 32.4 Å². The monoisotopic (exact) mass is 250 g/mol. The first-order chi connectivity index (χ1) is 8.40. The van der Waals surface area contributed by atoms with Gasteiger partial charge in [0.1, 0.15) is 5.60 Å². The van der Waals surface area contributed by atoms with Gasteiger partial charge in [0.05, 0.1) is 6.54 Å². The average Bonchev–Trinajstić information content (AvgIpc) is 2.25. The van der Waals surface area contributed by atoms with Gasteiger partial charge >= 0.3 is 6.09 Å². The quantitative estimate of drug-likeness (QED) is 0.797. The molecule has 0 atom stereocenters. The third-order valence-corrected chi connectivity index (χ3v) is 2.21. The molecule has 4 heteroatoms. The average molecular weight is 250 g/mol. The lowest BCUT2D eigenvalue weighted by molar-refractivity contribution is -0.612. The van der Waals surface area contributed by atoms with Crippen LogP contribution in [0.5, 0.6) is 0 Å². The van der Waals surface area contributed by atoms with Crippen molar-refractivity contribution in [1.82, 2.24) is 5.32 Å². The summed E-state index contributed by atoms with van der Waals surface area (Å²) in [5.74, 6) is 0. The predicted molar refractivity (Wildman–Crippen MR) is 70.5 cm³/mol. The zero-order valence-corrected chi connectivity index (χ0v) is 11.3. The Bertz CT molecular complexity index is 397. The van der Waals surface area contributed by atoms with Gasteiger partial charge in [-0.15, -0.1) is 0 Å². The molecule has 0 radical (unpaired) electrons. The van der Waals surface area contributed by atoms with Gasteiger partial charge in [0, 0.05) is 12.1 Å². The van der Waals surface area contributed by atoms with Crippen LogP contribution in [0.3, 0.4) is 0 Å². The Hall–Kier alpha value is -1.55. The van der Waals surface area contributed by atoms with E-state index in [-0.39, 0.29) is 0 Å². The molecular formula is C14H22N2O2. The second-order valence-corrected chi connectivity index (χ2v) is 5.17. The van der Waals surface area contributed by atoms with Gasteiger partial charge in [0.25, 0.3) is 0 Å². The van der Waals surface area contributed by atoms with Crippen LogP contribution in [-0.4, -0.2) is 11.7 Å². The summed E-state index contributed by atoms with van der Waals surface area (Å²) in [4.78, 5) is 11.5. The molecule has 4 nitrogen and oxygen atoms in total. The molecule has 0 aliphatic rings. The minimum atomic E-state index is -0.464. The second-order valence-electron chi connectivity index (χ2n) is 5.17. The Morgan fingerprint density at radius 2 is 2.06 bits per heavy atom. The number of nitrogens with one attached hydrogen (secondary N) is 1. The molecular weight excluding hydrogens is 228 g/mol. The number of benzene rings is 1. The van der Waals surface area contributed by atoms with Crippen LogP contribution in [0, 0.1) is 7.05 Å². The fourth-order valence-electron chi connectivity index (χ4n) is 1.52. The number of carbonyl (C=O) groups is 1. The number of hydrogen-bond acceptors (Lipinski definition) is 2. The summed E-state index contributed by atoms with van der Waals surface area (Å²) in [5.41, 5.74) is 1.78. The second kappa shape index (κ2) is 6.40. The van der Waals surface area contributed by atoms with Gasteiger partial charge < -0.3 is 15.4 Å². The van der Waals surface area contributed by atoms with E-state index in [1.54, 1.807) is 0 Å². The van der Waals surface area contributed by atoms with E-state index < -0.39 is 11.7 Å².